The lowest BCUT2D eigenvalue weighted by Gasteiger charge is -2.13. The van der Waals surface area contributed by atoms with E-state index in [1.165, 1.54) is 0 Å². The first-order valence-corrected chi connectivity index (χ1v) is 6.46. The van der Waals surface area contributed by atoms with Crippen molar-refractivity contribution in [2.45, 2.75) is 40.7 Å². The van der Waals surface area contributed by atoms with E-state index in [9.17, 15) is 4.79 Å². The van der Waals surface area contributed by atoms with E-state index in [1.54, 1.807) is 0 Å². The molecule has 0 radical (unpaired) electrons. The Balaban J connectivity index is 2.89. The van der Waals surface area contributed by atoms with Crippen LogP contribution in [0.15, 0.2) is 12.1 Å². The van der Waals surface area contributed by atoms with E-state index >= 15 is 0 Å². The molecule has 3 nitrogen and oxygen atoms in total. The van der Waals surface area contributed by atoms with Crippen molar-refractivity contribution in [2.24, 2.45) is 0 Å². The Bertz CT molecular complexity index is 425. The molecule has 0 aliphatic carbocycles. The van der Waals surface area contributed by atoms with Crippen LogP contribution in [0.5, 0.6) is 5.75 Å². The maximum atomic E-state index is 12.1. The number of benzene rings is 1. The van der Waals surface area contributed by atoms with E-state index in [2.05, 4.69) is 5.32 Å². The SMILES string of the molecule is CCOc1cc(C)c(C(=O)CNC(C)C)cc1C. The maximum absolute atomic E-state index is 12.1. The van der Waals surface area contributed by atoms with Crippen molar-refractivity contribution in [2.75, 3.05) is 13.2 Å². The number of aryl methyl sites for hydroxylation is 2. The molecule has 1 aromatic carbocycles. The normalized spacial score (nSPS) is 10.8. The standard InChI is InChI=1S/C15H23NO2/c1-6-18-15-8-11(4)13(7-12(15)5)14(17)9-16-10(2)3/h7-8,10,16H,6,9H2,1-5H3. The number of ketones is 1. The molecule has 0 heterocycles. The summed E-state index contributed by atoms with van der Waals surface area (Å²) in [7, 11) is 0. The van der Waals surface area contributed by atoms with E-state index in [0.717, 1.165) is 22.4 Å². The summed E-state index contributed by atoms with van der Waals surface area (Å²) in [5, 5.41) is 3.15. The Morgan fingerprint density at radius 2 is 1.94 bits per heavy atom. The summed E-state index contributed by atoms with van der Waals surface area (Å²) in [6.45, 7) is 11.0. The minimum absolute atomic E-state index is 0.132. The minimum Gasteiger partial charge on any atom is -0.494 e. The average Bonchev–Trinajstić information content (AvgIpc) is 2.30. The Morgan fingerprint density at radius 1 is 1.28 bits per heavy atom. The number of rotatable bonds is 6. The number of hydrogen-bond donors (Lipinski definition) is 1. The molecule has 1 N–H and O–H groups in total. The molecule has 0 aliphatic rings. The molecule has 0 saturated heterocycles. The van der Waals surface area contributed by atoms with Crippen molar-refractivity contribution in [3.8, 4) is 5.75 Å². The second kappa shape index (κ2) is 6.55. The topological polar surface area (TPSA) is 38.3 Å². The van der Waals surface area contributed by atoms with Crippen LogP contribution in [-0.4, -0.2) is 25.0 Å². The summed E-state index contributed by atoms with van der Waals surface area (Å²) >= 11 is 0. The minimum atomic E-state index is 0.132. The van der Waals surface area contributed by atoms with Crippen LogP contribution in [-0.2, 0) is 0 Å². The van der Waals surface area contributed by atoms with Gasteiger partial charge in [-0.05, 0) is 44.0 Å². The highest BCUT2D eigenvalue weighted by atomic mass is 16.5. The van der Waals surface area contributed by atoms with Crippen LogP contribution in [0.1, 0.15) is 42.3 Å². The van der Waals surface area contributed by atoms with E-state index in [1.807, 2.05) is 46.8 Å². The first-order chi connectivity index (χ1) is 8.45. The van der Waals surface area contributed by atoms with Crippen LogP contribution in [0.25, 0.3) is 0 Å². The van der Waals surface area contributed by atoms with E-state index < -0.39 is 0 Å². The molecular weight excluding hydrogens is 226 g/mol. The van der Waals surface area contributed by atoms with Crippen molar-refractivity contribution >= 4 is 5.78 Å². The molecule has 0 spiro atoms. The molecule has 3 heteroatoms. The van der Waals surface area contributed by atoms with Gasteiger partial charge in [0, 0.05) is 11.6 Å². The van der Waals surface area contributed by atoms with Crippen LogP contribution >= 0.6 is 0 Å². The number of Topliss-reactive ketones (excluding diaryl/α,β-unsaturated/α-hetero) is 1. The predicted molar refractivity (Wildman–Crippen MR) is 74.6 cm³/mol. The third-order valence-electron chi connectivity index (χ3n) is 2.79. The summed E-state index contributed by atoms with van der Waals surface area (Å²) in [5.41, 5.74) is 2.76. The van der Waals surface area contributed by atoms with Gasteiger partial charge in [0.05, 0.1) is 13.2 Å². The molecule has 0 aliphatic heterocycles. The highest BCUT2D eigenvalue weighted by Gasteiger charge is 2.12. The zero-order valence-electron chi connectivity index (χ0n) is 12.0. The monoisotopic (exact) mass is 249 g/mol. The molecule has 0 aromatic heterocycles. The van der Waals surface area contributed by atoms with Gasteiger partial charge in [-0.15, -0.1) is 0 Å². The highest BCUT2D eigenvalue weighted by Crippen LogP contribution is 2.23. The summed E-state index contributed by atoms with van der Waals surface area (Å²) in [4.78, 5) is 12.1. The van der Waals surface area contributed by atoms with Gasteiger partial charge in [-0.2, -0.15) is 0 Å². The summed E-state index contributed by atoms with van der Waals surface area (Å²) < 4.78 is 5.52. The Hall–Kier alpha value is -1.35. The molecule has 1 aromatic rings. The number of carbonyl (C=O) groups excluding carboxylic acids is 1. The molecule has 0 fully saturated rings. The molecule has 0 amide bonds. The van der Waals surface area contributed by atoms with Crippen LogP contribution in [0.4, 0.5) is 0 Å². The van der Waals surface area contributed by atoms with Gasteiger partial charge in [-0.1, -0.05) is 13.8 Å². The van der Waals surface area contributed by atoms with Crippen molar-refractivity contribution < 1.29 is 9.53 Å². The zero-order chi connectivity index (χ0) is 13.7. The largest absolute Gasteiger partial charge is 0.494 e. The Labute approximate surface area is 110 Å². The molecular formula is C15H23NO2. The van der Waals surface area contributed by atoms with E-state index in [4.69, 9.17) is 4.74 Å². The van der Waals surface area contributed by atoms with Crippen LogP contribution in [0, 0.1) is 13.8 Å². The van der Waals surface area contributed by atoms with Crippen molar-refractivity contribution in [3.05, 3.63) is 28.8 Å². The fraction of sp³-hybridized carbons (Fsp3) is 0.533. The zero-order valence-corrected chi connectivity index (χ0v) is 12.0. The molecule has 0 atom stereocenters. The Morgan fingerprint density at radius 3 is 2.50 bits per heavy atom. The average molecular weight is 249 g/mol. The lowest BCUT2D eigenvalue weighted by molar-refractivity contribution is 0.0988. The fourth-order valence-corrected chi connectivity index (χ4v) is 1.79. The van der Waals surface area contributed by atoms with Crippen LogP contribution in [0.3, 0.4) is 0 Å². The summed E-state index contributed by atoms with van der Waals surface area (Å²) in [5.74, 6) is 0.996. The van der Waals surface area contributed by atoms with Gasteiger partial charge in [0.1, 0.15) is 5.75 Å². The molecule has 0 unspecified atom stereocenters. The summed E-state index contributed by atoms with van der Waals surface area (Å²) in [6, 6.07) is 4.18. The number of ether oxygens (including phenoxy) is 1. The lowest BCUT2D eigenvalue weighted by Crippen LogP contribution is -2.29. The van der Waals surface area contributed by atoms with Crippen molar-refractivity contribution in [3.63, 3.8) is 0 Å². The van der Waals surface area contributed by atoms with Gasteiger partial charge >= 0.3 is 0 Å². The van der Waals surface area contributed by atoms with Gasteiger partial charge in [0.25, 0.3) is 0 Å². The third kappa shape index (κ3) is 3.84. The predicted octanol–water partition coefficient (Wildman–Crippen LogP) is 2.88. The second-order valence-corrected chi connectivity index (χ2v) is 4.82. The number of nitrogens with one attached hydrogen (secondary N) is 1. The first-order valence-electron chi connectivity index (χ1n) is 6.46. The number of hydrogen-bond acceptors (Lipinski definition) is 3. The number of carbonyl (C=O) groups is 1. The second-order valence-electron chi connectivity index (χ2n) is 4.82. The van der Waals surface area contributed by atoms with Gasteiger partial charge < -0.3 is 10.1 Å². The summed E-state index contributed by atoms with van der Waals surface area (Å²) in [6.07, 6.45) is 0. The van der Waals surface area contributed by atoms with Crippen molar-refractivity contribution in [1.82, 2.24) is 5.32 Å². The molecule has 100 valence electrons. The Kier molecular flexibility index (Phi) is 5.35. The molecule has 0 bridgehead atoms. The highest BCUT2D eigenvalue weighted by molar-refractivity contribution is 5.99. The van der Waals surface area contributed by atoms with E-state index in [0.29, 0.717) is 19.2 Å². The first kappa shape index (κ1) is 14.7. The fourth-order valence-electron chi connectivity index (χ4n) is 1.79. The van der Waals surface area contributed by atoms with Gasteiger partial charge in [-0.3, -0.25) is 4.79 Å². The van der Waals surface area contributed by atoms with Crippen molar-refractivity contribution in [1.29, 1.82) is 0 Å². The van der Waals surface area contributed by atoms with Gasteiger partial charge in [0.2, 0.25) is 0 Å². The van der Waals surface area contributed by atoms with Crippen LogP contribution in [0.2, 0.25) is 0 Å². The molecule has 0 saturated carbocycles. The van der Waals surface area contributed by atoms with Gasteiger partial charge in [0.15, 0.2) is 5.78 Å². The smallest absolute Gasteiger partial charge is 0.176 e. The third-order valence-corrected chi connectivity index (χ3v) is 2.79. The quantitative estimate of drug-likeness (QED) is 0.788. The molecule has 18 heavy (non-hydrogen) atoms. The maximum Gasteiger partial charge on any atom is 0.176 e. The lowest BCUT2D eigenvalue weighted by atomic mass is 10.0. The van der Waals surface area contributed by atoms with Crippen LogP contribution < -0.4 is 10.1 Å². The molecule has 1 rings (SSSR count). The van der Waals surface area contributed by atoms with Gasteiger partial charge in [-0.25, -0.2) is 0 Å². The van der Waals surface area contributed by atoms with E-state index in [-0.39, 0.29) is 5.78 Å².